The van der Waals surface area contributed by atoms with Gasteiger partial charge < -0.3 is 10.1 Å². The molecule has 10 heteroatoms. The summed E-state index contributed by atoms with van der Waals surface area (Å²) in [6.45, 7) is 1.90. The lowest BCUT2D eigenvalue weighted by atomic mass is 9.96. The Hall–Kier alpha value is -4.68. The maximum atomic E-state index is 13.2. The van der Waals surface area contributed by atoms with Crippen LogP contribution < -0.4 is 5.32 Å². The number of hydrogen-bond acceptors (Lipinski definition) is 7. The number of benzene rings is 2. The highest BCUT2D eigenvalue weighted by Gasteiger charge is 2.27. The van der Waals surface area contributed by atoms with Crippen LogP contribution in [-0.4, -0.2) is 30.3 Å². The van der Waals surface area contributed by atoms with Crippen LogP contribution in [0.2, 0.25) is 5.02 Å². The molecule has 1 aliphatic carbocycles. The number of nitrogens with zero attached hydrogens (tertiary/aromatic N) is 6. The molecule has 0 saturated heterocycles. The average molecular weight is 580 g/mol. The Labute approximate surface area is 248 Å². The van der Waals surface area contributed by atoms with E-state index >= 15 is 0 Å². The SMILES string of the molecule is Cc1c(Cl)cccc1Nc1ccccc1C(=O)OCn1ccc2c(-c3cnn([C@H](CC#N)C4CCCC4)c3)ncnc21. The zero-order chi connectivity index (χ0) is 29.1. The Morgan fingerprint density at radius 3 is 2.79 bits per heavy atom. The molecule has 0 unspecified atom stereocenters. The molecule has 1 fully saturated rings. The molecule has 9 nitrogen and oxygen atoms in total. The first kappa shape index (κ1) is 27.5. The minimum Gasteiger partial charge on any atom is -0.440 e. The minimum absolute atomic E-state index is 0.0193. The van der Waals surface area contributed by atoms with Crippen molar-refractivity contribution in [2.75, 3.05) is 5.32 Å². The number of nitriles is 1. The predicted octanol–water partition coefficient (Wildman–Crippen LogP) is 7.46. The molecule has 1 N–H and O–H groups in total. The highest BCUT2D eigenvalue weighted by Crippen LogP contribution is 2.37. The molecule has 0 amide bonds. The monoisotopic (exact) mass is 579 g/mol. The number of esters is 1. The van der Waals surface area contributed by atoms with E-state index in [-0.39, 0.29) is 12.8 Å². The van der Waals surface area contributed by atoms with Crippen molar-refractivity contribution in [1.82, 2.24) is 24.3 Å². The molecule has 0 radical (unpaired) electrons. The van der Waals surface area contributed by atoms with Gasteiger partial charge in [0, 0.05) is 34.1 Å². The first-order chi connectivity index (χ1) is 20.5. The summed E-state index contributed by atoms with van der Waals surface area (Å²) in [5.41, 5.74) is 4.98. The number of fused-ring (bicyclic) bond motifs is 1. The second-order valence-corrected chi connectivity index (χ2v) is 11.0. The van der Waals surface area contributed by atoms with Gasteiger partial charge in [0.25, 0.3) is 0 Å². The fourth-order valence-electron chi connectivity index (χ4n) is 5.76. The summed E-state index contributed by atoms with van der Waals surface area (Å²) in [6.07, 6.45) is 12.2. The number of carbonyl (C=O) groups is 1. The molecular weight excluding hydrogens is 550 g/mol. The minimum atomic E-state index is -0.467. The van der Waals surface area contributed by atoms with Crippen molar-refractivity contribution in [3.05, 3.63) is 89.6 Å². The van der Waals surface area contributed by atoms with E-state index in [1.807, 2.05) is 60.4 Å². The molecule has 42 heavy (non-hydrogen) atoms. The molecule has 1 atom stereocenters. The lowest BCUT2D eigenvalue weighted by molar-refractivity contribution is 0.0380. The molecule has 0 aliphatic heterocycles. The van der Waals surface area contributed by atoms with Crippen LogP contribution in [0.1, 0.15) is 54.1 Å². The first-order valence-electron chi connectivity index (χ1n) is 14.0. The number of rotatable bonds is 9. The summed E-state index contributed by atoms with van der Waals surface area (Å²) >= 11 is 6.28. The fourth-order valence-corrected chi connectivity index (χ4v) is 5.93. The lowest BCUT2D eigenvalue weighted by Crippen LogP contribution is -2.17. The maximum absolute atomic E-state index is 13.2. The number of anilines is 2. The number of hydrogen-bond donors (Lipinski definition) is 1. The third kappa shape index (κ3) is 5.46. The van der Waals surface area contributed by atoms with Crippen molar-refractivity contribution in [2.45, 2.75) is 51.8 Å². The quantitative estimate of drug-likeness (QED) is 0.180. The van der Waals surface area contributed by atoms with Gasteiger partial charge in [-0.2, -0.15) is 10.4 Å². The Bertz CT molecular complexity index is 1780. The predicted molar refractivity (Wildman–Crippen MR) is 161 cm³/mol. The molecular formula is C32H30ClN7O2. The van der Waals surface area contributed by atoms with Crippen LogP contribution in [0, 0.1) is 24.2 Å². The van der Waals surface area contributed by atoms with Crippen LogP contribution in [0.15, 0.2) is 73.4 Å². The van der Waals surface area contributed by atoms with Gasteiger partial charge in [0.15, 0.2) is 6.73 Å². The first-order valence-corrected chi connectivity index (χ1v) is 14.4. The van der Waals surface area contributed by atoms with E-state index in [9.17, 15) is 10.1 Å². The molecule has 1 aliphatic rings. The third-order valence-corrected chi connectivity index (χ3v) is 8.44. The topological polar surface area (TPSA) is 111 Å². The molecule has 5 aromatic rings. The normalized spacial score (nSPS) is 14.1. The Morgan fingerprint density at radius 2 is 1.95 bits per heavy atom. The van der Waals surface area contributed by atoms with Crippen molar-refractivity contribution in [1.29, 1.82) is 5.26 Å². The van der Waals surface area contributed by atoms with Crippen molar-refractivity contribution >= 4 is 40.0 Å². The number of para-hydroxylation sites is 1. The number of aromatic nitrogens is 5. The van der Waals surface area contributed by atoms with Crippen LogP contribution in [0.4, 0.5) is 11.4 Å². The van der Waals surface area contributed by atoms with Gasteiger partial charge in [-0.15, -0.1) is 0 Å². The van der Waals surface area contributed by atoms with Gasteiger partial charge in [0.2, 0.25) is 0 Å². The molecule has 2 aromatic carbocycles. The van der Waals surface area contributed by atoms with Crippen LogP contribution >= 0.6 is 11.6 Å². The highest BCUT2D eigenvalue weighted by molar-refractivity contribution is 6.31. The smallest absolute Gasteiger partial charge is 0.341 e. The van der Waals surface area contributed by atoms with Crippen molar-refractivity contribution in [3.8, 4) is 17.3 Å². The summed E-state index contributed by atoms with van der Waals surface area (Å²) in [5.74, 6) is -0.000862. The second kappa shape index (κ2) is 12.0. The second-order valence-electron chi connectivity index (χ2n) is 10.6. The standard InChI is InChI=1S/C32H30ClN7O2/c1-21-26(33)10-6-12-27(21)38-28-11-5-4-9-24(28)32(41)42-20-39-16-14-25-30(35-19-36-31(25)39)23-17-37-40(18-23)29(13-15-34)22-7-2-3-8-22/h4-6,9-12,14,16-19,22,29,38H,2-3,7-8,13,20H2,1H3/t29-/m1/s1. The van der Waals surface area contributed by atoms with Gasteiger partial charge >= 0.3 is 5.97 Å². The van der Waals surface area contributed by atoms with Crippen LogP contribution in [-0.2, 0) is 11.5 Å². The van der Waals surface area contributed by atoms with Gasteiger partial charge in [-0.05, 0) is 61.6 Å². The zero-order valence-corrected chi connectivity index (χ0v) is 24.0. The largest absolute Gasteiger partial charge is 0.440 e. The number of ether oxygens (including phenoxy) is 1. The molecule has 3 aromatic heterocycles. The van der Waals surface area contributed by atoms with E-state index in [1.54, 1.807) is 22.9 Å². The van der Waals surface area contributed by atoms with E-state index in [0.29, 0.717) is 34.3 Å². The lowest BCUT2D eigenvalue weighted by Gasteiger charge is -2.21. The zero-order valence-electron chi connectivity index (χ0n) is 23.2. The molecule has 212 valence electrons. The number of halogens is 1. The van der Waals surface area contributed by atoms with Gasteiger partial charge in [-0.1, -0.05) is 42.6 Å². The van der Waals surface area contributed by atoms with E-state index in [0.717, 1.165) is 40.7 Å². The average Bonchev–Trinajstić information content (AvgIpc) is 3.79. The third-order valence-electron chi connectivity index (χ3n) is 8.03. The molecule has 0 spiro atoms. The highest BCUT2D eigenvalue weighted by atomic mass is 35.5. The molecule has 6 rings (SSSR count). The molecule has 0 bridgehead atoms. The summed E-state index contributed by atoms with van der Waals surface area (Å²) in [7, 11) is 0. The van der Waals surface area contributed by atoms with Gasteiger partial charge in [0.1, 0.15) is 12.0 Å². The van der Waals surface area contributed by atoms with Crippen molar-refractivity contribution in [3.63, 3.8) is 0 Å². The van der Waals surface area contributed by atoms with Crippen LogP contribution in [0.3, 0.4) is 0 Å². The summed E-state index contributed by atoms with van der Waals surface area (Å²) in [6, 6.07) is 17.1. The van der Waals surface area contributed by atoms with Crippen LogP contribution in [0.5, 0.6) is 0 Å². The van der Waals surface area contributed by atoms with Gasteiger partial charge in [-0.3, -0.25) is 9.25 Å². The van der Waals surface area contributed by atoms with E-state index in [1.165, 1.54) is 19.2 Å². The van der Waals surface area contributed by atoms with E-state index in [4.69, 9.17) is 16.3 Å². The fraction of sp³-hybridized carbons (Fsp3) is 0.281. The Morgan fingerprint density at radius 1 is 1.14 bits per heavy atom. The Balaban J connectivity index is 1.20. The summed E-state index contributed by atoms with van der Waals surface area (Å²) in [5, 5.41) is 18.8. The maximum Gasteiger partial charge on any atom is 0.341 e. The number of nitrogens with one attached hydrogen (secondary N) is 1. The van der Waals surface area contributed by atoms with Crippen molar-refractivity contribution in [2.24, 2.45) is 5.92 Å². The molecule has 3 heterocycles. The van der Waals surface area contributed by atoms with Crippen molar-refractivity contribution < 1.29 is 9.53 Å². The van der Waals surface area contributed by atoms with E-state index in [2.05, 4.69) is 26.5 Å². The summed E-state index contributed by atoms with van der Waals surface area (Å²) < 4.78 is 9.43. The van der Waals surface area contributed by atoms with Gasteiger partial charge in [-0.25, -0.2) is 14.8 Å². The Kier molecular flexibility index (Phi) is 7.89. The number of carbonyl (C=O) groups excluding carboxylic acids is 1. The van der Waals surface area contributed by atoms with Crippen LogP contribution in [0.25, 0.3) is 22.3 Å². The summed E-state index contributed by atoms with van der Waals surface area (Å²) in [4.78, 5) is 22.2. The van der Waals surface area contributed by atoms with Gasteiger partial charge in [0.05, 0.1) is 41.7 Å². The molecule has 1 saturated carbocycles. The van der Waals surface area contributed by atoms with E-state index < -0.39 is 5.97 Å².